The van der Waals surface area contributed by atoms with Gasteiger partial charge < -0.3 is 14.8 Å². The Kier molecular flexibility index (Phi) is 7.60. The summed E-state index contributed by atoms with van der Waals surface area (Å²) in [6.07, 6.45) is 3.01. The Hall–Kier alpha value is -3.86. The van der Waals surface area contributed by atoms with Crippen LogP contribution in [-0.2, 0) is 14.3 Å². The molecule has 31 heavy (non-hydrogen) atoms. The highest BCUT2D eigenvalue weighted by Crippen LogP contribution is 2.24. The van der Waals surface area contributed by atoms with Crippen molar-refractivity contribution in [3.05, 3.63) is 107 Å². The van der Waals surface area contributed by atoms with Crippen molar-refractivity contribution in [1.82, 2.24) is 5.32 Å². The van der Waals surface area contributed by atoms with Crippen molar-refractivity contribution in [1.29, 1.82) is 0 Å². The third-order valence-corrected chi connectivity index (χ3v) is 4.82. The largest absolute Gasteiger partial charge is 0.497 e. The molecule has 0 aliphatic heterocycles. The monoisotopic (exact) mass is 415 g/mol. The van der Waals surface area contributed by atoms with E-state index in [1.807, 2.05) is 85.8 Å². The summed E-state index contributed by atoms with van der Waals surface area (Å²) in [7, 11) is 1.60. The molecule has 0 aliphatic rings. The molecule has 0 unspecified atom stereocenters. The van der Waals surface area contributed by atoms with E-state index in [0.717, 1.165) is 28.0 Å². The molecule has 1 atom stereocenters. The second-order valence-corrected chi connectivity index (χ2v) is 6.98. The van der Waals surface area contributed by atoms with Crippen LogP contribution in [0.4, 0.5) is 0 Å². The van der Waals surface area contributed by atoms with E-state index in [9.17, 15) is 9.59 Å². The van der Waals surface area contributed by atoms with E-state index in [1.165, 1.54) is 6.08 Å². The minimum absolute atomic E-state index is 0.365. The number of aryl methyl sites for hydroxylation is 1. The van der Waals surface area contributed by atoms with Crippen LogP contribution in [0, 0.1) is 6.92 Å². The van der Waals surface area contributed by atoms with E-state index in [1.54, 1.807) is 13.2 Å². The van der Waals surface area contributed by atoms with Crippen molar-refractivity contribution in [3.63, 3.8) is 0 Å². The molecule has 0 spiro atoms. The summed E-state index contributed by atoms with van der Waals surface area (Å²) in [5.74, 6) is -0.224. The summed E-state index contributed by atoms with van der Waals surface area (Å²) in [4.78, 5) is 24.5. The average molecular weight is 415 g/mol. The summed E-state index contributed by atoms with van der Waals surface area (Å²) >= 11 is 0. The van der Waals surface area contributed by atoms with Crippen LogP contribution in [0.15, 0.2) is 84.9 Å². The Morgan fingerprint density at radius 2 is 1.55 bits per heavy atom. The van der Waals surface area contributed by atoms with Gasteiger partial charge in [0.1, 0.15) is 5.75 Å². The summed E-state index contributed by atoms with van der Waals surface area (Å²) < 4.78 is 10.3. The highest BCUT2D eigenvalue weighted by molar-refractivity contribution is 5.89. The Morgan fingerprint density at radius 1 is 0.903 bits per heavy atom. The Morgan fingerprint density at radius 3 is 2.23 bits per heavy atom. The first-order valence-corrected chi connectivity index (χ1v) is 9.95. The molecule has 0 saturated heterocycles. The van der Waals surface area contributed by atoms with E-state index in [-0.39, 0.29) is 18.6 Å². The number of nitrogens with one attached hydrogen (secondary N) is 1. The molecule has 0 aromatic heterocycles. The third kappa shape index (κ3) is 6.31. The third-order valence-electron chi connectivity index (χ3n) is 4.82. The first-order valence-electron chi connectivity index (χ1n) is 9.95. The molecular weight excluding hydrogens is 390 g/mol. The lowest BCUT2D eigenvalue weighted by Gasteiger charge is -2.20. The number of amides is 1. The molecule has 158 valence electrons. The predicted octanol–water partition coefficient (Wildman–Crippen LogP) is 4.47. The van der Waals surface area contributed by atoms with Gasteiger partial charge in [-0.05, 0) is 47.4 Å². The first kappa shape index (κ1) is 21.8. The van der Waals surface area contributed by atoms with Crippen LogP contribution in [-0.4, -0.2) is 25.6 Å². The number of methoxy groups -OCH3 is 1. The molecule has 5 nitrogen and oxygen atoms in total. The van der Waals surface area contributed by atoms with Crippen molar-refractivity contribution in [2.45, 2.75) is 13.0 Å². The van der Waals surface area contributed by atoms with Crippen LogP contribution in [0.3, 0.4) is 0 Å². The van der Waals surface area contributed by atoms with Crippen molar-refractivity contribution >= 4 is 18.0 Å². The van der Waals surface area contributed by atoms with Gasteiger partial charge in [0.25, 0.3) is 5.91 Å². The number of hydrogen-bond acceptors (Lipinski definition) is 4. The van der Waals surface area contributed by atoms with Gasteiger partial charge >= 0.3 is 5.97 Å². The van der Waals surface area contributed by atoms with E-state index in [0.29, 0.717) is 0 Å². The van der Waals surface area contributed by atoms with E-state index >= 15 is 0 Å². The fourth-order valence-electron chi connectivity index (χ4n) is 3.12. The quantitative estimate of drug-likeness (QED) is 0.436. The maximum Gasteiger partial charge on any atom is 0.331 e. The summed E-state index contributed by atoms with van der Waals surface area (Å²) in [6.45, 7) is 1.60. The summed E-state index contributed by atoms with van der Waals surface area (Å²) in [5, 5.41) is 2.94. The Bertz CT molecular complexity index is 1040. The lowest BCUT2D eigenvalue weighted by Crippen LogP contribution is -2.32. The fourth-order valence-corrected chi connectivity index (χ4v) is 3.12. The zero-order valence-corrected chi connectivity index (χ0v) is 17.6. The summed E-state index contributed by atoms with van der Waals surface area (Å²) in [5.41, 5.74) is 3.79. The van der Waals surface area contributed by atoms with Gasteiger partial charge in [-0.15, -0.1) is 0 Å². The van der Waals surface area contributed by atoms with Crippen molar-refractivity contribution in [2.24, 2.45) is 0 Å². The van der Waals surface area contributed by atoms with E-state index < -0.39 is 5.97 Å². The number of benzene rings is 3. The zero-order valence-electron chi connectivity index (χ0n) is 17.6. The first-order chi connectivity index (χ1) is 15.1. The minimum atomic E-state index is -0.570. The summed E-state index contributed by atoms with van der Waals surface area (Å²) in [6, 6.07) is 24.4. The van der Waals surface area contributed by atoms with Gasteiger partial charge in [0, 0.05) is 6.08 Å². The standard InChI is InChI=1S/C26H25NO4/c1-19-8-6-7-9-20(19)14-17-25(29)31-18-24(28)27-26(21-10-4-3-5-11-21)22-12-15-23(30-2)16-13-22/h3-17,26H,18H2,1-2H3,(H,27,28)/b17-14+/t26-/m1/s1. The molecule has 0 bridgehead atoms. The number of esters is 1. The molecule has 3 aromatic rings. The zero-order chi connectivity index (χ0) is 22.1. The maximum atomic E-state index is 12.5. The van der Waals surface area contributed by atoms with Crippen molar-refractivity contribution in [2.75, 3.05) is 13.7 Å². The highest BCUT2D eigenvalue weighted by atomic mass is 16.5. The molecule has 0 radical (unpaired) electrons. The van der Waals surface area contributed by atoms with Gasteiger partial charge in [-0.25, -0.2) is 4.79 Å². The van der Waals surface area contributed by atoms with Gasteiger partial charge in [0.05, 0.1) is 13.2 Å². The molecule has 1 N–H and O–H groups in total. The molecule has 5 heteroatoms. The molecule has 0 heterocycles. The van der Waals surface area contributed by atoms with Gasteiger partial charge in [-0.3, -0.25) is 4.79 Å². The predicted molar refractivity (Wildman–Crippen MR) is 121 cm³/mol. The van der Waals surface area contributed by atoms with Crippen LogP contribution in [0.2, 0.25) is 0 Å². The molecule has 0 fully saturated rings. The maximum absolute atomic E-state index is 12.5. The number of ether oxygens (including phenoxy) is 2. The van der Waals surface area contributed by atoms with Crippen molar-refractivity contribution < 1.29 is 19.1 Å². The molecule has 0 saturated carbocycles. The topological polar surface area (TPSA) is 64.6 Å². The number of rotatable bonds is 8. The van der Waals surface area contributed by atoms with E-state index in [2.05, 4.69) is 5.32 Å². The second-order valence-electron chi connectivity index (χ2n) is 6.98. The Labute approximate surface area is 182 Å². The fraction of sp³-hybridized carbons (Fsp3) is 0.154. The molecule has 0 aliphatic carbocycles. The van der Waals surface area contributed by atoms with Gasteiger partial charge in [0.15, 0.2) is 6.61 Å². The minimum Gasteiger partial charge on any atom is -0.497 e. The lowest BCUT2D eigenvalue weighted by molar-refractivity contribution is -0.143. The van der Waals surface area contributed by atoms with Gasteiger partial charge in [-0.1, -0.05) is 66.7 Å². The SMILES string of the molecule is COc1ccc([C@H](NC(=O)COC(=O)/C=C/c2ccccc2C)c2ccccc2)cc1. The second kappa shape index (κ2) is 10.8. The number of hydrogen-bond donors (Lipinski definition) is 1. The number of carbonyl (C=O) groups is 2. The van der Waals surface area contributed by atoms with Crippen LogP contribution < -0.4 is 10.1 Å². The van der Waals surface area contributed by atoms with Crippen LogP contribution in [0.5, 0.6) is 5.75 Å². The van der Waals surface area contributed by atoms with Gasteiger partial charge in [-0.2, -0.15) is 0 Å². The Balaban J connectivity index is 1.63. The lowest BCUT2D eigenvalue weighted by atomic mass is 9.98. The molecule has 1 amide bonds. The van der Waals surface area contributed by atoms with E-state index in [4.69, 9.17) is 9.47 Å². The van der Waals surface area contributed by atoms with Crippen LogP contribution in [0.1, 0.15) is 28.3 Å². The average Bonchev–Trinajstić information content (AvgIpc) is 2.81. The van der Waals surface area contributed by atoms with Gasteiger partial charge in [0.2, 0.25) is 0 Å². The smallest absolute Gasteiger partial charge is 0.331 e. The molecular formula is C26H25NO4. The van der Waals surface area contributed by atoms with Crippen LogP contribution in [0.25, 0.3) is 6.08 Å². The number of carbonyl (C=O) groups excluding carboxylic acids is 2. The molecule has 3 rings (SSSR count). The highest BCUT2D eigenvalue weighted by Gasteiger charge is 2.17. The van der Waals surface area contributed by atoms with Crippen molar-refractivity contribution in [3.8, 4) is 5.75 Å². The molecule has 3 aromatic carbocycles. The normalized spacial score (nSPS) is 11.7. The van der Waals surface area contributed by atoms with Crippen LogP contribution >= 0.6 is 0 Å².